The van der Waals surface area contributed by atoms with Crippen molar-refractivity contribution >= 4 is 19.7 Å². The molecule has 0 aliphatic carbocycles. The summed E-state index contributed by atoms with van der Waals surface area (Å²) in [4.78, 5) is 31.1. The third-order valence-corrected chi connectivity index (χ3v) is 5.44. The number of rotatable bonds is 21. The molecule has 8 nitrogen and oxygen atoms in total. The number of nitrogens with two attached hydrogens (primary N) is 1. The number of esters is 1. The summed E-state index contributed by atoms with van der Waals surface area (Å²) in [6, 6.07) is 0. The highest BCUT2D eigenvalue weighted by molar-refractivity contribution is 7.47. The maximum absolute atomic E-state index is 11.6. The number of ether oxygens (including phenoxy) is 1. The van der Waals surface area contributed by atoms with Crippen LogP contribution in [0.25, 0.3) is 0 Å². The minimum Gasteiger partial charge on any atom is -0.454 e. The summed E-state index contributed by atoms with van der Waals surface area (Å²) in [5.74, 6) is -1.78. The quantitative estimate of drug-likeness (QED) is 0.152. The van der Waals surface area contributed by atoms with Crippen LogP contribution in [0.15, 0.2) is 0 Å². The van der Waals surface area contributed by atoms with Gasteiger partial charge in [-0.15, -0.1) is 0 Å². The van der Waals surface area contributed by atoms with Gasteiger partial charge in [0, 0.05) is 0 Å². The molecule has 1 atom stereocenters. The molecule has 0 radical (unpaired) electrons. The van der Waals surface area contributed by atoms with Gasteiger partial charge in [0.05, 0.1) is 6.61 Å². The molecule has 0 bridgehead atoms. The summed E-state index contributed by atoms with van der Waals surface area (Å²) in [6.45, 7) is 0.949. The summed E-state index contributed by atoms with van der Waals surface area (Å²) in [5.41, 5.74) is 4.81. The van der Waals surface area contributed by atoms with E-state index in [-0.39, 0.29) is 6.61 Å². The predicted molar refractivity (Wildman–Crippen MR) is 112 cm³/mol. The highest BCUT2D eigenvalue weighted by Crippen LogP contribution is 2.43. The van der Waals surface area contributed by atoms with Gasteiger partial charge in [-0.1, -0.05) is 90.4 Å². The van der Waals surface area contributed by atoms with Gasteiger partial charge in [-0.25, -0.2) is 9.36 Å². The maximum atomic E-state index is 11.6. The Hall–Kier alpha value is -0.950. The predicted octanol–water partition coefficient (Wildman–Crippen LogP) is 4.63. The lowest BCUT2D eigenvalue weighted by atomic mass is 10.0. The number of phosphoric ester groups is 1. The van der Waals surface area contributed by atoms with Gasteiger partial charge < -0.3 is 15.4 Å². The number of unbranched alkanes of at least 4 members (excludes halogenated alkanes) is 13. The monoisotopic (exact) mass is 437 g/mol. The molecule has 0 spiro atoms. The van der Waals surface area contributed by atoms with Crippen LogP contribution in [-0.2, 0) is 27.9 Å². The van der Waals surface area contributed by atoms with E-state index in [1.54, 1.807) is 0 Å². The maximum Gasteiger partial charge on any atom is 0.472 e. The van der Waals surface area contributed by atoms with Gasteiger partial charge in [0.15, 0.2) is 13.2 Å². The van der Waals surface area contributed by atoms with Crippen LogP contribution in [0.1, 0.15) is 96.8 Å². The Morgan fingerprint density at radius 1 is 0.759 bits per heavy atom. The Labute approximate surface area is 175 Å². The number of primary amides is 1. The largest absolute Gasteiger partial charge is 0.472 e. The van der Waals surface area contributed by atoms with Crippen LogP contribution in [0.3, 0.4) is 0 Å². The van der Waals surface area contributed by atoms with Crippen molar-refractivity contribution in [2.24, 2.45) is 5.73 Å². The van der Waals surface area contributed by atoms with Crippen molar-refractivity contribution in [3.05, 3.63) is 0 Å². The van der Waals surface area contributed by atoms with Crippen molar-refractivity contribution < 1.29 is 32.8 Å². The van der Waals surface area contributed by atoms with Gasteiger partial charge in [-0.3, -0.25) is 13.8 Å². The normalized spacial score (nSPS) is 13.2. The molecule has 0 aliphatic rings. The lowest BCUT2D eigenvalue weighted by Gasteiger charge is -2.11. The number of phosphoric acid groups is 1. The van der Waals surface area contributed by atoms with E-state index < -0.39 is 32.9 Å². The zero-order valence-electron chi connectivity index (χ0n) is 17.9. The standard InChI is InChI=1S/C20H40NO7P/c1-2-3-4-5-6-7-8-9-10-11-12-13-14-15-16-27-29(24,25)28-18-20(23)26-17-19(21)22/h2-18H2,1H3,(H2,21,22)(H,24,25). The van der Waals surface area contributed by atoms with Gasteiger partial charge >= 0.3 is 13.8 Å². The zero-order chi connectivity index (χ0) is 21.8. The molecule has 0 aromatic rings. The van der Waals surface area contributed by atoms with E-state index in [1.165, 1.54) is 64.2 Å². The fourth-order valence-corrected chi connectivity index (χ4v) is 3.54. The van der Waals surface area contributed by atoms with E-state index >= 15 is 0 Å². The minimum absolute atomic E-state index is 0.0855. The molecule has 0 rings (SSSR count). The lowest BCUT2D eigenvalue weighted by molar-refractivity contribution is -0.150. The summed E-state index contributed by atoms with van der Waals surface area (Å²) < 4.78 is 25.3. The second-order valence-electron chi connectivity index (χ2n) is 7.30. The molecule has 9 heteroatoms. The van der Waals surface area contributed by atoms with Crippen LogP contribution >= 0.6 is 7.82 Å². The fourth-order valence-electron chi connectivity index (χ4n) is 2.84. The third-order valence-electron chi connectivity index (χ3n) is 4.47. The average molecular weight is 438 g/mol. The Morgan fingerprint density at radius 3 is 1.66 bits per heavy atom. The molecule has 0 aromatic heterocycles. The van der Waals surface area contributed by atoms with E-state index in [9.17, 15) is 19.0 Å². The van der Waals surface area contributed by atoms with Gasteiger partial charge in [-0.2, -0.15) is 0 Å². The summed E-state index contributed by atoms with van der Waals surface area (Å²) >= 11 is 0. The Bertz CT molecular complexity index is 474. The van der Waals surface area contributed by atoms with Crippen LogP contribution in [-0.4, -0.2) is 36.6 Å². The molecular formula is C20H40NO7P. The summed E-state index contributed by atoms with van der Waals surface area (Å²) in [7, 11) is -4.30. The molecule has 172 valence electrons. The van der Waals surface area contributed by atoms with E-state index in [0.29, 0.717) is 6.42 Å². The second kappa shape index (κ2) is 19.0. The summed E-state index contributed by atoms with van der Waals surface area (Å²) in [5, 5.41) is 0. The Kier molecular flexibility index (Phi) is 18.4. The van der Waals surface area contributed by atoms with Gasteiger partial charge in [0.2, 0.25) is 0 Å². The molecule has 0 saturated carbocycles. The zero-order valence-corrected chi connectivity index (χ0v) is 18.8. The van der Waals surface area contributed by atoms with Crippen molar-refractivity contribution in [1.82, 2.24) is 0 Å². The van der Waals surface area contributed by atoms with Gasteiger partial charge in [-0.05, 0) is 6.42 Å². The molecule has 0 fully saturated rings. The molecule has 0 saturated heterocycles. The van der Waals surface area contributed by atoms with E-state index in [2.05, 4.69) is 16.2 Å². The Morgan fingerprint density at radius 2 is 1.21 bits per heavy atom. The molecule has 1 unspecified atom stereocenters. The molecule has 0 heterocycles. The SMILES string of the molecule is CCCCCCCCCCCCCCCCOP(=O)(O)OCC(=O)OCC(N)=O. The minimum atomic E-state index is -4.30. The van der Waals surface area contributed by atoms with Crippen molar-refractivity contribution in [1.29, 1.82) is 0 Å². The van der Waals surface area contributed by atoms with Crippen molar-refractivity contribution in [2.45, 2.75) is 96.8 Å². The fraction of sp³-hybridized carbons (Fsp3) is 0.900. The topological polar surface area (TPSA) is 125 Å². The first-order valence-corrected chi connectivity index (χ1v) is 12.4. The highest BCUT2D eigenvalue weighted by atomic mass is 31.2. The van der Waals surface area contributed by atoms with E-state index in [4.69, 9.17) is 10.3 Å². The molecule has 0 aromatic carbocycles. The number of hydrogen-bond donors (Lipinski definition) is 2. The molecular weight excluding hydrogens is 397 g/mol. The smallest absolute Gasteiger partial charge is 0.454 e. The van der Waals surface area contributed by atoms with Crippen LogP contribution in [0, 0.1) is 0 Å². The number of hydrogen-bond acceptors (Lipinski definition) is 6. The van der Waals surface area contributed by atoms with Crippen LogP contribution in [0.2, 0.25) is 0 Å². The number of amides is 1. The van der Waals surface area contributed by atoms with Crippen molar-refractivity contribution in [3.8, 4) is 0 Å². The van der Waals surface area contributed by atoms with Crippen molar-refractivity contribution in [2.75, 3.05) is 19.8 Å². The van der Waals surface area contributed by atoms with Gasteiger partial charge in [0.1, 0.15) is 0 Å². The third kappa shape index (κ3) is 21.6. The first-order chi connectivity index (χ1) is 13.9. The van der Waals surface area contributed by atoms with Crippen LogP contribution in [0.4, 0.5) is 0 Å². The first-order valence-electron chi connectivity index (χ1n) is 10.9. The number of carbonyl (C=O) groups excluding carboxylic acids is 2. The molecule has 0 aliphatic heterocycles. The lowest BCUT2D eigenvalue weighted by Crippen LogP contribution is -2.22. The average Bonchev–Trinajstić information content (AvgIpc) is 2.67. The Balaban J connectivity index is 3.41. The highest BCUT2D eigenvalue weighted by Gasteiger charge is 2.22. The van der Waals surface area contributed by atoms with E-state index in [1.807, 2.05) is 0 Å². The molecule has 3 N–H and O–H groups in total. The second-order valence-corrected chi connectivity index (χ2v) is 8.75. The van der Waals surface area contributed by atoms with Crippen molar-refractivity contribution in [3.63, 3.8) is 0 Å². The molecule has 1 amide bonds. The van der Waals surface area contributed by atoms with Crippen LogP contribution < -0.4 is 5.73 Å². The number of carbonyl (C=O) groups is 2. The van der Waals surface area contributed by atoms with E-state index in [0.717, 1.165) is 19.3 Å². The van der Waals surface area contributed by atoms with Gasteiger partial charge in [0.25, 0.3) is 5.91 Å². The first kappa shape index (κ1) is 28.1. The summed E-state index contributed by atoms with van der Waals surface area (Å²) in [6.07, 6.45) is 17.1. The molecule has 29 heavy (non-hydrogen) atoms. The van der Waals surface area contributed by atoms with Crippen LogP contribution in [0.5, 0.6) is 0 Å².